The second-order valence-electron chi connectivity index (χ2n) is 8.39. The molecule has 1 saturated carbocycles. The van der Waals surface area contributed by atoms with Crippen molar-refractivity contribution >= 4 is 28.6 Å². The molecule has 0 spiro atoms. The number of imidazole rings is 1. The van der Waals surface area contributed by atoms with E-state index >= 15 is 0 Å². The first-order chi connectivity index (χ1) is 15.2. The van der Waals surface area contributed by atoms with Crippen molar-refractivity contribution in [2.75, 3.05) is 25.0 Å². The Labute approximate surface area is 186 Å². The molecule has 2 N–H and O–H groups in total. The highest BCUT2D eigenvalue weighted by Gasteiger charge is 2.30. The number of rotatable bonds is 6. The Morgan fingerprint density at radius 3 is 2.68 bits per heavy atom. The van der Waals surface area contributed by atoms with Gasteiger partial charge in [-0.05, 0) is 30.5 Å². The lowest BCUT2D eigenvalue weighted by atomic mass is 10.2. The van der Waals surface area contributed by atoms with Crippen LogP contribution in [0.3, 0.4) is 0 Å². The van der Waals surface area contributed by atoms with Crippen molar-refractivity contribution in [2.24, 2.45) is 0 Å². The number of aliphatic hydroxyl groups excluding tert-OH is 1. The maximum atomic E-state index is 9.81. The summed E-state index contributed by atoms with van der Waals surface area (Å²) in [5.41, 5.74) is 2.67. The van der Waals surface area contributed by atoms with Crippen LogP contribution in [0.15, 0.2) is 36.9 Å². The van der Waals surface area contributed by atoms with Crippen molar-refractivity contribution in [3.05, 3.63) is 47.5 Å². The zero-order chi connectivity index (χ0) is 21.2. The van der Waals surface area contributed by atoms with Gasteiger partial charge in [0.15, 0.2) is 17.0 Å². The molecule has 1 aromatic carbocycles. The van der Waals surface area contributed by atoms with Gasteiger partial charge in [-0.3, -0.25) is 9.47 Å². The van der Waals surface area contributed by atoms with Crippen LogP contribution in [0.5, 0.6) is 0 Å². The zero-order valence-corrected chi connectivity index (χ0v) is 18.1. The van der Waals surface area contributed by atoms with E-state index in [1.807, 2.05) is 28.8 Å². The first-order valence-corrected chi connectivity index (χ1v) is 11.2. The molecule has 5 rings (SSSR count). The zero-order valence-electron chi connectivity index (χ0n) is 17.3. The van der Waals surface area contributed by atoms with E-state index in [0.29, 0.717) is 19.1 Å². The summed E-state index contributed by atoms with van der Waals surface area (Å²) >= 11 is 6.02. The van der Waals surface area contributed by atoms with Gasteiger partial charge in [0.1, 0.15) is 12.6 Å². The molecule has 0 radical (unpaired) electrons. The number of hydrogen-bond acceptors (Lipinski definition) is 7. The minimum atomic E-state index is -0.294. The first-order valence-electron chi connectivity index (χ1n) is 10.9. The van der Waals surface area contributed by atoms with E-state index in [2.05, 4.69) is 25.2 Å². The smallest absolute Gasteiger partial charge is 0.167 e. The monoisotopic (exact) mass is 442 g/mol. The lowest BCUT2D eigenvalue weighted by Crippen LogP contribution is -2.46. The summed E-state index contributed by atoms with van der Waals surface area (Å²) in [6.45, 7) is 2.04. The fraction of sp³-hybridized carbons (Fsp3) is 0.500. The number of ether oxygens (including phenoxy) is 1. The second kappa shape index (κ2) is 9.08. The number of nitrogens with one attached hydrogen (secondary N) is 1. The predicted molar refractivity (Wildman–Crippen MR) is 119 cm³/mol. The van der Waals surface area contributed by atoms with E-state index < -0.39 is 0 Å². The summed E-state index contributed by atoms with van der Waals surface area (Å²) in [4.78, 5) is 15.8. The Kier molecular flexibility index (Phi) is 6.04. The molecule has 2 aromatic heterocycles. The highest BCUT2D eigenvalue weighted by atomic mass is 35.5. The van der Waals surface area contributed by atoms with E-state index in [4.69, 9.17) is 16.3 Å². The number of nitrogens with zero attached hydrogens (tertiary/aromatic N) is 5. The van der Waals surface area contributed by atoms with Gasteiger partial charge in [0.25, 0.3) is 0 Å². The maximum Gasteiger partial charge on any atom is 0.167 e. The van der Waals surface area contributed by atoms with Crippen LogP contribution in [0.4, 0.5) is 5.82 Å². The molecule has 2 atom stereocenters. The van der Waals surface area contributed by atoms with Crippen LogP contribution in [-0.2, 0) is 11.3 Å². The van der Waals surface area contributed by atoms with Crippen LogP contribution >= 0.6 is 11.6 Å². The Balaban J connectivity index is 1.38. The van der Waals surface area contributed by atoms with E-state index in [1.54, 1.807) is 12.7 Å². The van der Waals surface area contributed by atoms with Gasteiger partial charge in [0.05, 0.1) is 19.0 Å². The van der Waals surface area contributed by atoms with Crippen molar-refractivity contribution < 1.29 is 9.84 Å². The lowest BCUT2D eigenvalue weighted by molar-refractivity contribution is -0.135. The molecule has 3 heterocycles. The predicted octanol–water partition coefficient (Wildman–Crippen LogP) is 3.23. The number of aromatic nitrogens is 4. The molecule has 0 bridgehead atoms. The lowest BCUT2D eigenvalue weighted by Gasteiger charge is -2.37. The molecular weight excluding hydrogens is 416 g/mol. The van der Waals surface area contributed by atoms with Gasteiger partial charge in [-0.1, -0.05) is 36.6 Å². The van der Waals surface area contributed by atoms with E-state index in [1.165, 1.54) is 18.4 Å². The van der Waals surface area contributed by atoms with Crippen LogP contribution in [0, 0.1) is 0 Å². The van der Waals surface area contributed by atoms with Gasteiger partial charge >= 0.3 is 0 Å². The highest BCUT2D eigenvalue weighted by molar-refractivity contribution is 6.30. The number of aliphatic hydroxyl groups is 1. The third-order valence-corrected chi connectivity index (χ3v) is 6.37. The average Bonchev–Trinajstić information content (AvgIpc) is 3.45. The highest BCUT2D eigenvalue weighted by Crippen LogP contribution is 2.28. The minimum absolute atomic E-state index is 0.0380. The van der Waals surface area contributed by atoms with Crippen molar-refractivity contribution in [1.82, 2.24) is 24.4 Å². The molecule has 1 aliphatic carbocycles. The molecule has 1 aliphatic heterocycles. The third kappa shape index (κ3) is 4.52. The molecule has 2 aliphatic rings. The van der Waals surface area contributed by atoms with Crippen molar-refractivity contribution in [3.63, 3.8) is 0 Å². The second-order valence-corrected chi connectivity index (χ2v) is 8.82. The van der Waals surface area contributed by atoms with Crippen molar-refractivity contribution in [3.8, 4) is 0 Å². The topological polar surface area (TPSA) is 88.3 Å². The summed E-state index contributed by atoms with van der Waals surface area (Å²) in [6.07, 6.45) is 7.61. The van der Waals surface area contributed by atoms with Crippen molar-refractivity contribution in [2.45, 2.75) is 50.6 Å². The number of morpholine rings is 1. The number of anilines is 1. The molecule has 8 nitrogen and oxygen atoms in total. The number of hydrogen-bond donors (Lipinski definition) is 2. The molecule has 0 amide bonds. The Hall–Kier alpha value is -2.26. The van der Waals surface area contributed by atoms with Crippen LogP contribution in [0.2, 0.25) is 5.02 Å². The van der Waals surface area contributed by atoms with Crippen LogP contribution in [-0.4, -0.2) is 61.4 Å². The average molecular weight is 443 g/mol. The summed E-state index contributed by atoms with van der Waals surface area (Å²) in [5.74, 6) is 0.781. The van der Waals surface area contributed by atoms with Gasteiger partial charge in [0.2, 0.25) is 0 Å². The van der Waals surface area contributed by atoms with Gasteiger partial charge < -0.3 is 15.2 Å². The number of halogens is 1. The van der Waals surface area contributed by atoms with Crippen molar-refractivity contribution in [1.29, 1.82) is 0 Å². The van der Waals surface area contributed by atoms with Gasteiger partial charge in [-0.2, -0.15) is 0 Å². The Morgan fingerprint density at radius 2 is 1.90 bits per heavy atom. The minimum Gasteiger partial charge on any atom is -0.394 e. The fourth-order valence-corrected chi connectivity index (χ4v) is 4.68. The molecular formula is C22H27ClN6O2. The first kappa shape index (κ1) is 20.6. The van der Waals surface area contributed by atoms with Crippen LogP contribution in [0.1, 0.15) is 37.5 Å². The van der Waals surface area contributed by atoms with E-state index in [9.17, 15) is 5.11 Å². The van der Waals surface area contributed by atoms with Gasteiger partial charge in [-0.15, -0.1) is 0 Å². The third-order valence-electron chi connectivity index (χ3n) is 6.11. The van der Waals surface area contributed by atoms with Gasteiger partial charge in [0, 0.05) is 30.7 Å². The number of fused-ring (bicyclic) bond motifs is 1. The molecule has 9 heteroatoms. The Morgan fingerprint density at radius 1 is 1.10 bits per heavy atom. The van der Waals surface area contributed by atoms with Crippen LogP contribution in [0.25, 0.3) is 11.2 Å². The van der Waals surface area contributed by atoms with E-state index in [-0.39, 0.29) is 18.9 Å². The fourth-order valence-electron chi connectivity index (χ4n) is 4.55. The summed E-state index contributed by atoms with van der Waals surface area (Å²) in [7, 11) is 0. The molecule has 164 valence electrons. The van der Waals surface area contributed by atoms with E-state index in [0.717, 1.165) is 41.4 Å². The molecule has 0 unspecified atom stereocenters. The molecule has 3 aromatic rings. The standard InChI is InChI=1S/C22H27ClN6O2/c23-16-7-5-15(6-8-16)9-28-10-18(12-30)31-19(11-28)29-14-26-20-21(24-13-25-22(20)29)27-17-3-1-2-4-17/h5-8,13-14,17-19,30H,1-4,9-12H2,(H,24,25,27)/t18-,19+/m0/s1. The number of benzene rings is 1. The largest absolute Gasteiger partial charge is 0.394 e. The summed E-state index contributed by atoms with van der Waals surface area (Å²) in [6, 6.07) is 8.31. The van der Waals surface area contributed by atoms with Crippen LogP contribution < -0.4 is 5.32 Å². The Bertz CT molecular complexity index is 1020. The summed E-state index contributed by atoms with van der Waals surface area (Å²) < 4.78 is 8.13. The molecule has 2 fully saturated rings. The summed E-state index contributed by atoms with van der Waals surface area (Å²) in [5, 5.41) is 14.1. The maximum absolute atomic E-state index is 9.81. The quantitative estimate of drug-likeness (QED) is 0.605. The SMILES string of the molecule is OC[C@@H]1CN(Cc2ccc(Cl)cc2)C[C@H](n2cnc3c(NC4CCCC4)ncnc32)O1. The normalized spacial score (nSPS) is 22.9. The van der Waals surface area contributed by atoms with Gasteiger partial charge in [-0.25, -0.2) is 15.0 Å². The molecule has 1 saturated heterocycles. The molecule has 31 heavy (non-hydrogen) atoms.